The molecule has 1 aliphatic heterocycles. The number of rotatable bonds is 7. The van der Waals surface area contributed by atoms with Crippen LogP contribution < -0.4 is 20.7 Å². The van der Waals surface area contributed by atoms with Gasteiger partial charge in [-0.25, -0.2) is 9.97 Å². The fourth-order valence-corrected chi connectivity index (χ4v) is 3.31. The van der Waals surface area contributed by atoms with Crippen LogP contribution in [0.25, 0.3) is 0 Å². The van der Waals surface area contributed by atoms with Gasteiger partial charge in [0, 0.05) is 43.8 Å². The lowest BCUT2D eigenvalue weighted by Gasteiger charge is -2.27. The van der Waals surface area contributed by atoms with E-state index in [1.54, 1.807) is 24.5 Å². The molecule has 3 heterocycles. The first-order valence-corrected chi connectivity index (χ1v) is 10.8. The van der Waals surface area contributed by atoms with Crippen molar-refractivity contribution in [3.8, 4) is 5.88 Å². The SMILES string of the molecule is CC(C)(C)c1ccc(NC(=O)c2cccnc2NCc2ccnc(OC3CNC3)c2)cc1. The molecule has 0 aliphatic carbocycles. The molecule has 0 unspecified atom stereocenters. The lowest BCUT2D eigenvalue weighted by atomic mass is 9.87. The minimum Gasteiger partial charge on any atom is -0.472 e. The summed E-state index contributed by atoms with van der Waals surface area (Å²) in [6.45, 7) is 8.67. The number of carbonyl (C=O) groups is 1. The third-order valence-electron chi connectivity index (χ3n) is 5.35. The van der Waals surface area contributed by atoms with Crippen LogP contribution in [0.2, 0.25) is 0 Å². The van der Waals surface area contributed by atoms with Crippen molar-refractivity contribution in [1.29, 1.82) is 0 Å². The van der Waals surface area contributed by atoms with Crippen molar-refractivity contribution in [2.24, 2.45) is 0 Å². The van der Waals surface area contributed by atoms with E-state index in [2.05, 4.69) is 46.7 Å². The Labute approximate surface area is 188 Å². The van der Waals surface area contributed by atoms with Crippen LogP contribution >= 0.6 is 0 Å². The first kappa shape index (κ1) is 21.8. The molecule has 3 aromatic rings. The van der Waals surface area contributed by atoms with Crippen molar-refractivity contribution in [2.45, 2.75) is 38.8 Å². The van der Waals surface area contributed by atoms with Gasteiger partial charge < -0.3 is 20.7 Å². The topological polar surface area (TPSA) is 88.2 Å². The number of pyridine rings is 2. The Morgan fingerprint density at radius 3 is 2.56 bits per heavy atom. The summed E-state index contributed by atoms with van der Waals surface area (Å²) in [5.74, 6) is 0.924. The van der Waals surface area contributed by atoms with Crippen LogP contribution in [0.15, 0.2) is 60.9 Å². The number of aromatic nitrogens is 2. The van der Waals surface area contributed by atoms with Gasteiger partial charge in [-0.3, -0.25) is 4.79 Å². The van der Waals surface area contributed by atoms with Crippen molar-refractivity contribution >= 4 is 17.4 Å². The highest BCUT2D eigenvalue weighted by Gasteiger charge is 2.19. The first-order valence-electron chi connectivity index (χ1n) is 10.8. The molecule has 166 valence electrons. The van der Waals surface area contributed by atoms with Crippen LogP contribution in [-0.2, 0) is 12.0 Å². The molecular weight excluding hydrogens is 402 g/mol. The molecule has 1 amide bonds. The lowest BCUT2D eigenvalue weighted by Crippen LogP contribution is -2.50. The molecule has 2 aromatic heterocycles. The number of anilines is 2. The predicted molar refractivity (Wildman–Crippen MR) is 126 cm³/mol. The van der Waals surface area contributed by atoms with Gasteiger partial charge in [0.1, 0.15) is 11.9 Å². The highest BCUT2D eigenvalue weighted by molar-refractivity contribution is 6.07. The van der Waals surface area contributed by atoms with Gasteiger partial charge in [0.2, 0.25) is 5.88 Å². The maximum absolute atomic E-state index is 12.9. The average Bonchev–Trinajstić information content (AvgIpc) is 2.75. The Morgan fingerprint density at radius 2 is 1.88 bits per heavy atom. The zero-order valence-corrected chi connectivity index (χ0v) is 18.7. The molecule has 0 spiro atoms. The van der Waals surface area contributed by atoms with E-state index in [1.807, 2.05) is 36.4 Å². The molecule has 7 nitrogen and oxygen atoms in total. The van der Waals surface area contributed by atoms with E-state index in [0.717, 1.165) is 24.3 Å². The van der Waals surface area contributed by atoms with Crippen LogP contribution in [0, 0.1) is 0 Å². The van der Waals surface area contributed by atoms with E-state index in [9.17, 15) is 4.79 Å². The summed E-state index contributed by atoms with van der Waals surface area (Å²) in [5.41, 5.74) is 3.51. The number of carbonyl (C=O) groups excluding carboxylic acids is 1. The number of nitrogens with one attached hydrogen (secondary N) is 3. The molecule has 0 radical (unpaired) electrons. The predicted octanol–water partition coefficient (Wildman–Crippen LogP) is 3.99. The average molecular weight is 432 g/mol. The lowest BCUT2D eigenvalue weighted by molar-refractivity contribution is 0.102. The van der Waals surface area contributed by atoms with Gasteiger partial charge in [-0.05, 0) is 46.9 Å². The molecule has 32 heavy (non-hydrogen) atoms. The standard InChI is InChI=1S/C25H29N5O2/c1-25(2,3)18-6-8-19(9-7-18)30-24(31)21-5-4-11-28-23(21)29-14-17-10-12-27-22(13-17)32-20-15-26-16-20/h4-13,20,26H,14-16H2,1-3H3,(H,28,29)(H,30,31). The molecule has 0 bridgehead atoms. The molecule has 4 rings (SSSR count). The monoisotopic (exact) mass is 431 g/mol. The van der Waals surface area contributed by atoms with E-state index in [1.165, 1.54) is 5.56 Å². The summed E-state index contributed by atoms with van der Waals surface area (Å²) in [7, 11) is 0. The first-order chi connectivity index (χ1) is 15.4. The molecule has 3 N–H and O–H groups in total. The molecule has 1 saturated heterocycles. The van der Waals surface area contributed by atoms with E-state index in [0.29, 0.717) is 23.8 Å². The molecule has 1 fully saturated rings. The smallest absolute Gasteiger partial charge is 0.259 e. The summed E-state index contributed by atoms with van der Waals surface area (Å²) in [4.78, 5) is 21.6. The summed E-state index contributed by atoms with van der Waals surface area (Å²) in [5, 5.41) is 9.41. The summed E-state index contributed by atoms with van der Waals surface area (Å²) in [6.07, 6.45) is 3.57. The highest BCUT2D eigenvalue weighted by atomic mass is 16.5. The Hall–Kier alpha value is -3.45. The van der Waals surface area contributed by atoms with E-state index < -0.39 is 0 Å². The number of nitrogens with zero attached hydrogens (tertiary/aromatic N) is 2. The van der Waals surface area contributed by atoms with Crippen molar-refractivity contribution in [2.75, 3.05) is 23.7 Å². The number of amides is 1. The van der Waals surface area contributed by atoms with Gasteiger partial charge in [0.25, 0.3) is 5.91 Å². The van der Waals surface area contributed by atoms with Gasteiger partial charge in [-0.1, -0.05) is 32.9 Å². The molecule has 1 aromatic carbocycles. The maximum Gasteiger partial charge on any atom is 0.259 e. The normalized spacial score (nSPS) is 13.8. The van der Waals surface area contributed by atoms with Crippen LogP contribution in [0.3, 0.4) is 0 Å². The number of benzene rings is 1. The largest absolute Gasteiger partial charge is 0.472 e. The molecule has 0 atom stereocenters. The number of hydrogen-bond acceptors (Lipinski definition) is 6. The second-order valence-corrected chi connectivity index (χ2v) is 8.94. The van der Waals surface area contributed by atoms with Crippen LogP contribution in [0.1, 0.15) is 42.3 Å². The minimum atomic E-state index is -0.208. The van der Waals surface area contributed by atoms with E-state index in [4.69, 9.17) is 4.74 Å². The third kappa shape index (κ3) is 5.42. The zero-order valence-electron chi connectivity index (χ0n) is 18.7. The Bertz CT molecular complexity index is 1070. The fraction of sp³-hybridized carbons (Fsp3) is 0.320. The Balaban J connectivity index is 1.41. The fourth-order valence-electron chi connectivity index (χ4n) is 3.31. The number of hydrogen-bond donors (Lipinski definition) is 3. The van der Waals surface area contributed by atoms with Crippen molar-refractivity contribution in [3.63, 3.8) is 0 Å². The molecule has 7 heteroatoms. The maximum atomic E-state index is 12.9. The second-order valence-electron chi connectivity index (χ2n) is 8.94. The van der Waals surface area contributed by atoms with E-state index in [-0.39, 0.29) is 17.4 Å². The van der Waals surface area contributed by atoms with Crippen LogP contribution in [0.5, 0.6) is 5.88 Å². The number of ether oxygens (including phenoxy) is 1. The highest BCUT2D eigenvalue weighted by Crippen LogP contribution is 2.24. The molecule has 0 saturated carbocycles. The van der Waals surface area contributed by atoms with Crippen molar-refractivity contribution in [3.05, 3.63) is 77.6 Å². The summed E-state index contributed by atoms with van der Waals surface area (Å²) >= 11 is 0. The van der Waals surface area contributed by atoms with Crippen molar-refractivity contribution < 1.29 is 9.53 Å². The van der Waals surface area contributed by atoms with Gasteiger partial charge in [-0.2, -0.15) is 0 Å². The van der Waals surface area contributed by atoms with Gasteiger partial charge >= 0.3 is 0 Å². The third-order valence-corrected chi connectivity index (χ3v) is 5.35. The van der Waals surface area contributed by atoms with Crippen LogP contribution in [0.4, 0.5) is 11.5 Å². The molecule has 1 aliphatic rings. The minimum absolute atomic E-state index is 0.0651. The second kappa shape index (κ2) is 9.36. The van der Waals surface area contributed by atoms with Gasteiger partial charge in [0.15, 0.2) is 0 Å². The molecular formula is C25H29N5O2. The zero-order chi connectivity index (χ0) is 22.6. The van der Waals surface area contributed by atoms with Gasteiger partial charge in [-0.15, -0.1) is 0 Å². The van der Waals surface area contributed by atoms with Gasteiger partial charge in [0.05, 0.1) is 5.56 Å². The van der Waals surface area contributed by atoms with Crippen molar-refractivity contribution in [1.82, 2.24) is 15.3 Å². The Morgan fingerprint density at radius 1 is 1.09 bits per heavy atom. The van der Waals surface area contributed by atoms with Crippen LogP contribution in [-0.4, -0.2) is 35.1 Å². The van der Waals surface area contributed by atoms with E-state index >= 15 is 0 Å². The summed E-state index contributed by atoms with van der Waals surface area (Å²) < 4.78 is 5.82. The summed E-state index contributed by atoms with van der Waals surface area (Å²) in [6, 6.07) is 15.3. The Kier molecular flexibility index (Phi) is 6.37. The quantitative estimate of drug-likeness (QED) is 0.524.